The van der Waals surface area contributed by atoms with Crippen LogP contribution in [0.5, 0.6) is 0 Å². The number of hydrogen-bond acceptors (Lipinski definition) is 6. The van der Waals surface area contributed by atoms with Gasteiger partial charge in [0.1, 0.15) is 5.69 Å². The molecule has 2 aromatic rings. The van der Waals surface area contributed by atoms with E-state index in [-0.39, 0.29) is 30.7 Å². The van der Waals surface area contributed by atoms with E-state index >= 15 is 0 Å². The number of amides is 2. The van der Waals surface area contributed by atoms with E-state index in [1.807, 2.05) is 0 Å². The van der Waals surface area contributed by atoms with Crippen LogP contribution in [0.2, 0.25) is 0 Å². The second-order valence-corrected chi connectivity index (χ2v) is 4.76. The number of carboxylic acids is 1. The van der Waals surface area contributed by atoms with Gasteiger partial charge in [0.2, 0.25) is 17.6 Å². The first-order valence-corrected chi connectivity index (χ1v) is 6.41. The summed E-state index contributed by atoms with van der Waals surface area (Å²) in [6.07, 6.45) is 0. The van der Waals surface area contributed by atoms with E-state index in [0.29, 0.717) is 16.9 Å². The van der Waals surface area contributed by atoms with Crippen molar-refractivity contribution in [1.29, 1.82) is 0 Å². The molecule has 0 spiro atoms. The molecule has 1 aliphatic heterocycles. The molecule has 1 saturated heterocycles. The molecule has 2 N–H and O–H groups in total. The molecule has 8 nitrogen and oxygen atoms in total. The minimum atomic E-state index is -1.19. The summed E-state index contributed by atoms with van der Waals surface area (Å²) in [5, 5.41) is 14.7. The lowest BCUT2D eigenvalue weighted by Gasteiger charge is -2.27. The van der Waals surface area contributed by atoms with Crippen LogP contribution >= 0.6 is 0 Å². The summed E-state index contributed by atoms with van der Waals surface area (Å²) < 4.78 is 4.70. The molecule has 1 aromatic heterocycles. The van der Waals surface area contributed by atoms with Crippen LogP contribution in [0.25, 0.3) is 11.3 Å². The standard InChI is InChI=1S/C14H11N3O5/c18-12-6-17(7-13(19)15-12)9-3-1-8(2-4-9)10-5-11(14(20)21)22-16-10/h1-5H,6-7H2,(H,20,21)(H,15,18,19). The van der Waals surface area contributed by atoms with Crippen LogP contribution in [-0.4, -0.2) is 41.1 Å². The molecular weight excluding hydrogens is 290 g/mol. The van der Waals surface area contributed by atoms with Gasteiger partial charge in [-0.05, 0) is 12.1 Å². The van der Waals surface area contributed by atoms with Crippen molar-refractivity contribution in [1.82, 2.24) is 10.5 Å². The number of benzene rings is 1. The van der Waals surface area contributed by atoms with E-state index in [2.05, 4.69) is 10.5 Å². The SMILES string of the molecule is O=C1CN(c2ccc(-c3cc(C(=O)O)on3)cc2)CC(=O)N1. The van der Waals surface area contributed by atoms with Crippen molar-refractivity contribution in [2.24, 2.45) is 0 Å². The zero-order valence-corrected chi connectivity index (χ0v) is 11.3. The number of aromatic nitrogens is 1. The maximum absolute atomic E-state index is 11.4. The van der Waals surface area contributed by atoms with Crippen molar-refractivity contribution >= 4 is 23.5 Å². The van der Waals surface area contributed by atoms with Gasteiger partial charge >= 0.3 is 5.97 Å². The Morgan fingerprint density at radius 3 is 2.36 bits per heavy atom. The summed E-state index contributed by atoms with van der Waals surface area (Å²) in [6.45, 7) is 0.219. The van der Waals surface area contributed by atoms with Crippen LogP contribution < -0.4 is 10.2 Å². The number of carbonyl (C=O) groups excluding carboxylic acids is 2. The fraction of sp³-hybridized carbons (Fsp3) is 0.143. The zero-order chi connectivity index (χ0) is 15.7. The lowest BCUT2D eigenvalue weighted by atomic mass is 10.1. The van der Waals surface area contributed by atoms with Gasteiger partial charge in [-0.2, -0.15) is 0 Å². The number of nitrogens with zero attached hydrogens (tertiary/aromatic N) is 2. The second kappa shape index (κ2) is 5.32. The van der Waals surface area contributed by atoms with E-state index < -0.39 is 5.97 Å². The smallest absolute Gasteiger partial charge is 0.374 e. The highest BCUT2D eigenvalue weighted by Crippen LogP contribution is 2.23. The molecule has 0 aliphatic carbocycles. The number of carboxylic acid groups (broad SMARTS) is 1. The highest BCUT2D eigenvalue weighted by atomic mass is 16.5. The largest absolute Gasteiger partial charge is 0.475 e. The minimum Gasteiger partial charge on any atom is -0.475 e. The molecule has 0 unspecified atom stereocenters. The van der Waals surface area contributed by atoms with E-state index in [0.717, 1.165) is 0 Å². The van der Waals surface area contributed by atoms with Gasteiger partial charge in [-0.3, -0.25) is 14.9 Å². The molecule has 1 aliphatic rings. The quantitative estimate of drug-likeness (QED) is 0.794. The predicted octanol–water partition coefficient (Wildman–Crippen LogP) is 0.503. The van der Waals surface area contributed by atoms with Gasteiger partial charge in [-0.25, -0.2) is 4.79 Å². The molecule has 112 valence electrons. The highest BCUT2D eigenvalue weighted by Gasteiger charge is 2.22. The Balaban J connectivity index is 1.81. The summed E-state index contributed by atoms with van der Waals surface area (Å²) in [6, 6.07) is 8.23. The monoisotopic (exact) mass is 301 g/mol. The number of nitrogens with one attached hydrogen (secondary N) is 1. The Hall–Kier alpha value is -3.16. The molecule has 0 atom stereocenters. The van der Waals surface area contributed by atoms with Gasteiger partial charge in [-0.15, -0.1) is 0 Å². The third-order valence-electron chi connectivity index (χ3n) is 3.20. The molecule has 1 aromatic carbocycles. The van der Waals surface area contributed by atoms with E-state index in [4.69, 9.17) is 9.63 Å². The van der Waals surface area contributed by atoms with Gasteiger partial charge < -0.3 is 14.5 Å². The molecule has 0 bridgehead atoms. The van der Waals surface area contributed by atoms with E-state index in [9.17, 15) is 14.4 Å². The summed E-state index contributed by atoms with van der Waals surface area (Å²) in [4.78, 5) is 35.1. The fourth-order valence-electron chi connectivity index (χ4n) is 2.17. The van der Waals surface area contributed by atoms with Crippen LogP contribution in [0.1, 0.15) is 10.6 Å². The van der Waals surface area contributed by atoms with Gasteiger partial charge in [-0.1, -0.05) is 17.3 Å². The van der Waals surface area contributed by atoms with Crippen molar-refractivity contribution in [3.8, 4) is 11.3 Å². The van der Waals surface area contributed by atoms with Gasteiger partial charge in [0, 0.05) is 17.3 Å². The van der Waals surface area contributed by atoms with Crippen LogP contribution in [0.4, 0.5) is 5.69 Å². The molecule has 2 amide bonds. The summed E-state index contributed by atoms with van der Waals surface area (Å²) in [7, 11) is 0. The molecule has 0 radical (unpaired) electrons. The lowest BCUT2D eigenvalue weighted by molar-refractivity contribution is -0.130. The molecule has 3 rings (SSSR count). The lowest BCUT2D eigenvalue weighted by Crippen LogP contribution is -2.51. The average molecular weight is 301 g/mol. The highest BCUT2D eigenvalue weighted by molar-refractivity contribution is 6.02. The fourth-order valence-corrected chi connectivity index (χ4v) is 2.17. The number of rotatable bonds is 3. The summed E-state index contributed by atoms with van der Waals surface area (Å²) in [5.74, 6) is -2.11. The molecule has 0 saturated carbocycles. The molecule has 22 heavy (non-hydrogen) atoms. The van der Waals surface area contributed by atoms with Gasteiger partial charge in [0.15, 0.2) is 0 Å². The third kappa shape index (κ3) is 2.66. The first kappa shape index (κ1) is 13.8. The normalized spacial score (nSPS) is 14.8. The Bertz CT molecular complexity index is 734. The average Bonchev–Trinajstić information content (AvgIpc) is 2.96. The number of imide groups is 1. The topological polar surface area (TPSA) is 113 Å². The van der Waals surface area contributed by atoms with Gasteiger partial charge in [0.25, 0.3) is 0 Å². The van der Waals surface area contributed by atoms with Crippen molar-refractivity contribution in [2.45, 2.75) is 0 Å². The Morgan fingerprint density at radius 2 is 1.82 bits per heavy atom. The van der Waals surface area contributed by atoms with Crippen molar-refractivity contribution in [2.75, 3.05) is 18.0 Å². The van der Waals surface area contributed by atoms with Crippen molar-refractivity contribution < 1.29 is 24.0 Å². The van der Waals surface area contributed by atoms with Crippen LogP contribution in [0, 0.1) is 0 Å². The Morgan fingerprint density at radius 1 is 1.18 bits per heavy atom. The van der Waals surface area contributed by atoms with Crippen molar-refractivity contribution in [3.63, 3.8) is 0 Å². The predicted molar refractivity (Wildman–Crippen MR) is 74.3 cm³/mol. The second-order valence-electron chi connectivity index (χ2n) is 4.76. The number of carbonyl (C=O) groups is 3. The first-order valence-electron chi connectivity index (χ1n) is 6.41. The van der Waals surface area contributed by atoms with E-state index in [1.54, 1.807) is 29.2 Å². The number of aromatic carboxylic acids is 1. The van der Waals surface area contributed by atoms with Crippen LogP contribution in [0.15, 0.2) is 34.9 Å². The van der Waals surface area contributed by atoms with Gasteiger partial charge in [0.05, 0.1) is 13.1 Å². The van der Waals surface area contributed by atoms with Crippen molar-refractivity contribution in [3.05, 3.63) is 36.1 Å². The Labute approximate surface area is 124 Å². The summed E-state index contributed by atoms with van der Waals surface area (Å²) >= 11 is 0. The minimum absolute atomic E-state index is 0.109. The zero-order valence-electron chi connectivity index (χ0n) is 11.3. The Kier molecular flexibility index (Phi) is 3.34. The molecule has 1 fully saturated rings. The van der Waals surface area contributed by atoms with Crippen LogP contribution in [0.3, 0.4) is 0 Å². The van der Waals surface area contributed by atoms with E-state index in [1.165, 1.54) is 6.07 Å². The first-order chi connectivity index (χ1) is 10.5. The molecular formula is C14H11N3O5. The number of anilines is 1. The van der Waals surface area contributed by atoms with Crippen LogP contribution in [-0.2, 0) is 9.59 Å². The maximum atomic E-state index is 11.4. The molecule has 2 heterocycles. The third-order valence-corrected chi connectivity index (χ3v) is 3.20. The maximum Gasteiger partial charge on any atom is 0.374 e. The number of piperazine rings is 1. The molecule has 8 heteroatoms. The number of hydrogen-bond donors (Lipinski definition) is 2. The summed E-state index contributed by atoms with van der Waals surface area (Å²) in [5.41, 5.74) is 1.79.